The second kappa shape index (κ2) is 3.24. The molecule has 0 atom stereocenters. The number of benzene rings is 1. The van der Waals surface area contributed by atoms with Crippen LogP contribution in [0.1, 0.15) is 5.56 Å². The molecule has 0 unspecified atom stereocenters. The summed E-state index contributed by atoms with van der Waals surface area (Å²) in [6.07, 6.45) is 1.52. The summed E-state index contributed by atoms with van der Waals surface area (Å²) in [4.78, 5) is 0. The summed E-state index contributed by atoms with van der Waals surface area (Å²) in [5.41, 5.74) is 0.637. The number of hydrogen-bond acceptors (Lipinski definition) is 0. The SMILES string of the molecule is C=Cc1ccc(F)c(Cl)c1Cl. The summed E-state index contributed by atoms with van der Waals surface area (Å²) in [5.74, 6) is -0.512. The summed E-state index contributed by atoms with van der Waals surface area (Å²) >= 11 is 11.2. The lowest BCUT2D eigenvalue weighted by Gasteiger charge is -2.00. The van der Waals surface area contributed by atoms with Crippen LogP contribution in [0.4, 0.5) is 4.39 Å². The van der Waals surface area contributed by atoms with Crippen molar-refractivity contribution in [3.05, 3.63) is 40.1 Å². The molecule has 58 valence electrons. The monoisotopic (exact) mass is 190 g/mol. The average molecular weight is 191 g/mol. The highest BCUT2D eigenvalue weighted by Crippen LogP contribution is 2.28. The maximum Gasteiger partial charge on any atom is 0.143 e. The Balaban J connectivity index is 3.36. The Bertz CT molecular complexity index is 294. The Morgan fingerprint density at radius 3 is 2.45 bits per heavy atom. The van der Waals surface area contributed by atoms with Crippen LogP contribution in [0.2, 0.25) is 10.0 Å². The van der Waals surface area contributed by atoms with Gasteiger partial charge in [-0.2, -0.15) is 0 Å². The van der Waals surface area contributed by atoms with E-state index in [-0.39, 0.29) is 10.0 Å². The lowest BCUT2D eigenvalue weighted by Crippen LogP contribution is -1.81. The van der Waals surface area contributed by atoms with Crippen molar-refractivity contribution in [3.63, 3.8) is 0 Å². The molecule has 11 heavy (non-hydrogen) atoms. The van der Waals surface area contributed by atoms with Gasteiger partial charge in [-0.25, -0.2) is 4.39 Å². The van der Waals surface area contributed by atoms with Crippen molar-refractivity contribution in [3.8, 4) is 0 Å². The summed E-state index contributed by atoms with van der Waals surface area (Å²) in [7, 11) is 0. The first-order chi connectivity index (χ1) is 5.16. The van der Waals surface area contributed by atoms with Gasteiger partial charge in [0.05, 0.1) is 10.0 Å². The van der Waals surface area contributed by atoms with Gasteiger partial charge in [-0.3, -0.25) is 0 Å². The van der Waals surface area contributed by atoms with Gasteiger partial charge in [0.15, 0.2) is 0 Å². The molecule has 0 spiro atoms. The van der Waals surface area contributed by atoms with Gasteiger partial charge in [-0.1, -0.05) is 41.9 Å². The molecule has 0 amide bonds. The summed E-state index contributed by atoms with van der Waals surface area (Å²) in [5, 5.41) is 0.158. The van der Waals surface area contributed by atoms with Crippen LogP contribution in [0.3, 0.4) is 0 Å². The zero-order valence-electron chi connectivity index (χ0n) is 5.57. The lowest BCUT2D eigenvalue weighted by atomic mass is 10.2. The van der Waals surface area contributed by atoms with E-state index in [4.69, 9.17) is 23.2 Å². The van der Waals surface area contributed by atoms with E-state index in [9.17, 15) is 4.39 Å². The first-order valence-electron chi connectivity index (χ1n) is 2.92. The molecule has 0 aromatic heterocycles. The molecule has 0 nitrogen and oxygen atoms in total. The molecule has 0 saturated heterocycles. The van der Waals surface area contributed by atoms with Crippen molar-refractivity contribution >= 4 is 29.3 Å². The Morgan fingerprint density at radius 2 is 1.91 bits per heavy atom. The van der Waals surface area contributed by atoms with Gasteiger partial charge < -0.3 is 0 Å². The maximum absolute atomic E-state index is 12.6. The third kappa shape index (κ3) is 1.55. The highest BCUT2D eigenvalue weighted by atomic mass is 35.5. The molecule has 0 saturated carbocycles. The average Bonchev–Trinajstić information content (AvgIpc) is 2.01. The molecule has 1 rings (SSSR count). The van der Waals surface area contributed by atoms with Gasteiger partial charge in [-0.15, -0.1) is 0 Å². The molecule has 0 bridgehead atoms. The van der Waals surface area contributed by atoms with Crippen LogP contribution in [0.15, 0.2) is 18.7 Å². The van der Waals surface area contributed by atoms with Gasteiger partial charge >= 0.3 is 0 Å². The molecular weight excluding hydrogens is 186 g/mol. The molecule has 0 fully saturated rings. The fraction of sp³-hybridized carbons (Fsp3) is 0. The van der Waals surface area contributed by atoms with Crippen LogP contribution in [0.25, 0.3) is 6.08 Å². The van der Waals surface area contributed by atoms with E-state index >= 15 is 0 Å². The third-order valence-electron chi connectivity index (χ3n) is 1.28. The van der Waals surface area contributed by atoms with E-state index in [0.29, 0.717) is 5.56 Å². The number of halogens is 3. The Kier molecular flexibility index (Phi) is 2.53. The first-order valence-corrected chi connectivity index (χ1v) is 3.68. The molecule has 3 heteroatoms. The molecule has 0 radical (unpaired) electrons. The highest BCUT2D eigenvalue weighted by Gasteiger charge is 2.06. The van der Waals surface area contributed by atoms with E-state index in [0.717, 1.165) is 0 Å². The van der Waals surface area contributed by atoms with Gasteiger partial charge in [-0.05, 0) is 11.6 Å². The predicted octanol–water partition coefficient (Wildman–Crippen LogP) is 3.78. The van der Waals surface area contributed by atoms with Crippen LogP contribution < -0.4 is 0 Å². The number of rotatable bonds is 1. The van der Waals surface area contributed by atoms with E-state index in [1.165, 1.54) is 18.2 Å². The molecular formula is C8H5Cl2F. The third-order valence-corrected chi connectivity index (χ3v) is 2.16. The van der Waals surface area contributed by atoms with E-state index in [1.54, 1.807) is 0 Å². The minimum Gasteiger partial charge on any atom is -0.205 e. The van der Waals surface area contributed by atoms with Crippen molar-refractivity contribution in [1.29, 1.82) is 0 Å². The van der Waals surface area contributed by atoms with Gasteiger partial charge in [0, 0.05) is 0 Å². The Labute approximate surface area is 74.2 Å². The van der Waals surface area contributed by atoms with Crippen molar-refractivity contribution in [2.75, 3.05) is 0 Å². The van der Waals surface area contributed by atoms with Crippen LogP contribution in [0, 0.1) is 5.82 Å². The molecule has 1 aromatic rings. The minimum atomic E-state index is -0.512. The van der Waals surface area contributed by atoms with Crippen LogP contribution >= 0.6 is 23.2 Å². The van der Waals surface area contributed by atoms with Gasteiger partial charge in [0.25, 0.3) is 0 Å². The topological polar surface area (TPSA) is 0 Å². The van der Waals surface area contributed by atoms with Gasteiger partial charge in [0.1, 0.15) is 5.82 Å². The first kappa shape index (κ1) is 8.57. The van der Waals surface area contributed by atoms with Crippen molar-refractivity contribution in [2.45, 2.75) is 0 Å². The normalized spacial score (nSPS) is 9.73. The van der Waals surface area contributed by atoms with E-state index in [1.807, 2.05) is 0 Å². The van der Waals surface area contributed by atoms with Crippen molar-refractivity contribution in [2.24, 2.45) is 0 Å². The molecule has 0 aliphatic rings. The fourth-order valence-corrected chi connectivity index (χ4v) is 1.10. The lowest BCUT2D eigenvalue weighted by molar-refractivity contribution is 0.628. The Morgan fingerprint density at radius 1 is 1.27 bits per heavy atom. The van der Waals surface area contributed by atoms with Crippen molar-refractivity contribution in [1.82, 2.24) is 0 Å². The summed E-state index contributed by atoms with van der Waals surface area (Å²) in [6.45, 7) is 3.50. The predicted molar refractivity (Wildman–Crippen MR) is 46.5 cm³/mol. The van der Waals surface area contributed by atoms with Crippen LogP contribution in [-0.4, -0.2) is 0 Å². The number of hydrogen-bond donors (Lipinski definition) is 0. The maximum atomic E-state index is 12.6. The quantitative estimate of drug-likeness (QED) is 0.592. The summed E-state index contributed by atoms with van der Waals surface area (Å²) < 4.78 is 12.6. The standard InChI is InChI=1S/C8H5Cl2F/c1-2-5-3-4-6(11)8(10)7(5)9/h2-4H,1H2. The van der Waals surface area contributed by atoms with E-state index in [2.05, 4.69) is 6.58 Å². The molecule has 1 aromatic carbocycles. The largest absolute Gasteiger partial charge is 0.205 e. The molecule has 0 N–H and O–H groups in total. The second-order valence-corrected chi connectivity index (χ2v) is 2.72. The zero-order valence-corrected chi connectivity index (χ0v) is 7.08. The van der Waals surface area contributed by atoms with Crippen molar-refractivity contribution < 1.29 is 4.39 Å². The smallest absolute Gasteiger partial charge is 0.143 e. The van der Waals surface area contributed by atoms with Crippen LogP contribution in [-0.2, 0) is 0 Å². The van der Waals surface area contributed by atoms with Gasteiger partial charge in [0.2, 0.25) is 0 Å². The van der Waals surface area contributed by atoms with Crippen LogP contribution in [0.5, 0.6) is 0 Å². The van der Waals surface area contributed by atoms with E-state index < -0.39 is 5.82 Å². The molecule has 0 aliphatic carbocycles. The highest BCUT2D eigenvalue weighted by molar-refractivity contribution is 6.42. The second-order valence-electron chi connectivity index (χ2n) is 1.97. The Hall–Kier alpha value is -0.530. The molecule has 0 aliphatic heterocycles. The minimum absolute atomic E-state index is 0.0518. The molecule has 0 heterocycles. The summed E-state index contributed by atoms with van der Waals surface area (Å²) in [6, 6.07) is 2.78. The zero-order chi connectivity index (χ0) is 8.43. The fourth-order valence-electron chi connectivity index (χ4n) is 0.698.